The number of thiocarbonyl (C=S) groups is 1. The molecule has 0 aromatic carbocycles. The van der Waals surface area contributed by atoms with Crippen molar-refractivity contribution in [1.29, 1.82) is 0 Å². The molecule has 13 heavy (non-hydrogen) atoms. The van der Waals surface area contributed by atoms with Crippen molar-refractivity contribution >= 4 is 22.9 Å². The van der Waals surface area contributed by atoms with Gasteiger partial charge in [-0.1, -0.05) is 12.2 Å². The van der Waals surface area contributed by atoms with E-state index in [4.69, 9.17) is 18.0 Å². The molecule has 1 aromatic heterocycles. The number of nitrogens with two attached hydrogens (primary N) is 1. The average molecular weight is 195 g/mol. The maximum atomic E-state index is 5.55. The molecule has 0 radical (unpaired) electrons. The fourth-order valence-corrected chi connectivity index (χ4v) is 1.21. The molecule has 1 rings (SSSR count). The number of aromatic nitrogens is 1. The van der Waals surface area contributed by atoms with E-state index in [9.17, 15) is 0 Å². The molecule has 3 N–H and O–H groups in total. The molecule has 0 amide bonds. The number of hydrogen-bond donors (Lipinski definition) is 2. The van der Waals surface area contributed by atoms with Crippen LogP contribution in [0.2, 0.25) is 0 Å². The lowest BCUT2D eigenvalue weighted by Gasteiger charge is -2.12. The molecule has 0 saturated carbocycles. The third-order valence-corrected chi connectivity index (χ3v) is 1.75. The highest BCUT2D eigenvalue weighted by Crippen LogP contribution is 2.13. The van der Waals surface area contributed by atoms with E-state index in [0.717, 1.165) is 11.3 Å². The maximum absolute atomic E-state index is 5.55. The molecule has 0 aliphatic heterocycles. The molecular weight excluding hydrogens is 182 g/mol. The Balaban J connectivity index is 2.98. The van der Waals surface area contributed by atoms with Crippen LogP contribution in [0.5, 0.6) is 0 Å². The molecule has 0 aliphatic rings. The summed E-state index contributed by atoms with van der Waals surface area (Å²) in [7, 11) is 0. The van der Waals surface area contributed by atoms with Crippen molar-refractivity contribution in [1.82, 2.24) is 4.98 Å². The fraction of sp³-hybridized carbons (Fsp3) is 0.333. The molecule has 4 heteroatoms. The van der Waals surface area contributed by atoms with Gasteiger partial charge < -0.3 is 11.1 Å². The van der Waals surface area contributed by atoms with Gasteiger partial charge in [-0.25, -0.2) is 0 Å². The molecule has 3 nitrogen and oxygen atoms in total. The van der Waals surface area contributed by atoms with Gasteiger partial charge in [-0.2, -0.15) is 0 Å². The van der Waals surface area contributed by atoms with Gasteiger partial charge >= 0.3 is 0 Å². The van der Waals surface area contributed by atoms with Gasteiger partial charge in [0.2, 0.25) is 0 Å². The van der Waals surface area contributed by atoms with Crippen molar-refractivity contribution in [3.63, 3.8) is 0 Å². The highest BCUT2D eigenvalue weighted by atomic mass is 32.1. The Morgan fingerprint density at radius 2 is 2.31 bits per heavy atom. The summed E-state index contributed by atoms with van der Waals surface area (Å²) in [5.74, 6) is 0. The van der Waals surface area contributed by atoms with E-state index in [-0.39, 0.29) is 0 Å². The quantitative estimate of drug-likeness (QED) is 0.718. The number of nitrogens with one attached hydrogen (secondary N) is 1. The normalized spacial score (nSPS) is 10.1. The monoisotopic (exact) mass is 195 g/mol. The number of rotatable bonds is 3. The lowest BCUT2D eigenvalue weighted by molar-refractivity contribution is 0.897. The van der Waals surface area contributed by atoms with Crippen LogP contribution in [-0.2, 0) is 0 Å². The first-order chi connectivity index (χ1) is 6.11. The first-order valence-corrected chi connectivity index (χ1v) is 4.52. The van der Waals surface area contributed by atoms with Crippen LogP contribution in [-0.4, -0.2) is 16.0 Å². The molecule has 0 bridgehead atoms. The number of nitrogens with zero attached hydrogens (tertiary/aromatic N) is 1. The van der Waals surface area contributed by atoms with Crippen LogP contribution in [0.3, 0.4) is 0 Å². The minimum atomic E-state index is 0.345. The van der Waals surface area contributed by atoms with Gasteiger partial charge in [-0.3, -0.25) is 4.98 Å². The Hall–Kier alpha value is -1.16. The highest BCUT2D eigenvalue weighted by Gasteiger charge is 2.04. The highest BCUT2D eigenvalue weighted by molar-refractivity contribution is 7.80. The molecule has 0 aliphatic carbocycles. The zero-order valence-corrected chi connectivity index (χ0v) is 8.56. The fourth-order valence-electron chi connectivity index (χ4n) is 1.04. The average Bonchev–Trinajstić information content (AvgIpc) is 2.03. The van der Waals surface area contributed by atoms with Gasteiger partial charge in [-0.15, -0.1) is 0 Å². The molecule has 0 unspecified atom stereocenters. The Morgan fingerprint density at radius 3 is 2.85 bits per heavy atom. The number of anilines is 1. The SMILES string of the molecule is CC(C)Nc1cnccc1C(N)=S. The van der Waals surface area contributed by atoms with Crippen LogP contribution in [0.15, 0.2) is 18.5 Å². The Labute approximate surface area is 83.4 Å². The van der Waals surface area contributed by atoms with Gasteiger partial charge in [0.15, 0.2) is 0 Å². The summed E-state index contributed by atoms with van der Waals surface area (Å²) in [6.45, 7) is 4.10. The predicted octanol–water partition coefficient (Wildman–Crippen LogP) is 1.54. The van der Waals surface area contributed by atoms with E-state index < -0.39 is 0 Å². The minimum Gasteiger partial charge on any atom is -0.389 e. The molecule has 0 spiro atoms. The summed E-state index contributed by atoms with van der Waals surface area (Å²) in [5.41, 5.74) is 7.29. The zero-order chi connectivity index (χ0) is 9.84. The molecule has 0 atom stereocenters. The van der Waals surface area contributed by atoms with Crippen LogP contribution < -0.4 is 11.1 Å². The van der Waals surface area contributed by atoms with E-state index >= 15 is 0 Å². The van der Waals surface area contributed by atoms with Gasteiger partial charge in [0.05, 0.1) is 11.9 Å². The Morgan fingerprint density at radius 1 is 1.62 bits per heavy atom. The van der Waals surface area contributed by atoms with E-state index in [1.807, 2.05) is 6.07 Å². The third-order valence-electron chi connectivity index (χ3n) is 1.53. The van der Waals surface area contributed by atoms with Crippen molar-refractivity contribution in [3.8, 4) is 0 Å². The van der Waals surface area contributed by atoms with Crippen LogP contribution in [0.1, 0.15) is 19.4 Å². The lowest BCUT2D eigenvalue weighted by atomic mass is 10.2. The summed E-state index contributed by atoms with van der Waals surface area (Å²) in [6, 6.07) is 2.16. The van der Waals surface area contributed by atoms with Gasteiger partial charge in [0.1, 0.15) is 4.99 Å². The van der Waals surface area contributed by atoms with Crippen molar-refractivity contribution in [2.24, 2.45) is 5.73 Å². The lowest BCUT2D eigenvalue weighted by Crippen LogP contribution is -2.17. The first-order valence-electron chi connectivity index (χ1n) is 4.11. The summed E-state index contributed by atoms with van der Waals surface area (Å²) in [4.78, 5) is 4.40. The third kappa shape index (κ3) is 2.66. The molecule has 0 saturated heterocycles. The standard InChI is InChI=1S/C9H13N3S/c1-6(2)12-8-5-11-4-3-7(8)9(10)13/h3-6,12H,1-2H3,(H2,10,13). The predicted molar refractivity (Wildman–Crippen MR) is 58.9 cm³/mol. The first kappa shape index (κ1) is 9.92. The van der Waals surface area contributed by atoms with Crippen molar-refractivity contribution in [3.05, 3.63) is 24.0 Å². The van der Waals surface area contributed by atoms with Crippen molar-refractivity contribution < 1.29 is 0 Å². The van der Waals surface area contributed by atoms with E-state index in [1.54, 1.807) is 12.4 Å². The van der Waals surface area contributed by atoms with Gasteiger partial charge in [0, 0.05) is 17.8 Å². The summed E-state index contributed by atoms with van der Waals surface area (Å²) >= 11 is 4.91. The molecule has 70 valence electrons. The molecular formula is C9H13N3S. The maximum Gasteiger partial charge on any atom is 0.106 e. The minimum absolute atomic E-state index is 0.345. The second-order valence-corrected chi connectivity index (χ2v) is 3.52. The molecule has 1 aromatic rings. The largest absolute Gasteiger partial charge is 0.389 e. The van der Waals surface area contributed by atoms with E-state index in [2.05, 4.69) is 24.1 Å². The summed E-state index contributed by atoms with van der Waals surface area (Å²) in [5, 5.41) is 3.22. The van der Waals surface area contributed by atoms with Crippen molar-refractivity contribution in [2.75, 3.05) is 5.32 Å². The number of pyridine rings is 1. The smallest absolute Gasteiger partial charge is 0.106 e. The number of hydrogen-bond acceptors (Lipinski definition) is 3. The topological polar surface area (TPSA) is 50.9 Å². The van der Waals surface area contributed by atoms with Gasteiger partial charge in [-0.05, 0) is 19.9 Å². The van der Waals surface area contributed by atoms with E-state index in [1.165, 1.54) is 0 Å². The summed E-state index contributed by atoms with van der Waals surface area (Å²) < 4.78 is 0. The Kier molecular flexibility index (Phi) is 3.19. The van der Waals surface area contributed by atoms with Gasteiger partial charge in [0.25, 0.3) is 0 Å². The van der Waals surface area contributed by atoms with Crippen LogP contribution >= 0.6 is 12.2 Å². The summed E-state index contributed by atoms with van der Waals surface area (Å²) in [6.07, 6.45) is 3.41. The van der Waals surface area contributed by atoms with Crippen LogP contribution in [0, 0.1) is 0 Å². The second kappa shape index (κ2) is 4.18. The van der Waals surface area contributed by atoms with Crippen LogP contribution in [0.4, 0.5) is 5.69 Å². The molecule has 0 fully saturated rings. The van der Waals surface area contributed by atoms with E-state index in [0.29, 0.717) is 11.0 Å². The Bertz CT molecular complexity index is 309. The molecule has 1 heterocycles. The zero-order valence-electron chi connectivity index (χ0n) is 7.74. The van der Waals surface area contributed by atoms with Crippen LogP contribution in [0.25, 0.3) is 0 Å². The van der Waals surface area contributed by atoms with Crippen molar-refractivity contribution in [2.45, 2.75) is 19.9 Å². The second-order valence-electron chi connectivity index (χ2n) is 3.08.